The van der Waals surface area contributed by atoms with E-state index in [1.165, 1.54) is 32.7 Å². The summed E-state index contributed by atoms with van der Waals surface area (Å²) in [6.45, 7) is 0. The lowest BCUT2D eigenvalue weighted by molar-refractivity contribution is 1.30. The van der Waals surface area contributed by atoms with Crippen LogP contribution in [0.2, 0.25) is 0 Å². The van der Waals surface area contributed by atoms with Gasteiger partial charge in [-0.25, -0.2) is 0 Å². The number of nitrogens with zero attached hydrogens (tertiary/aromatic N) is 2. The molecular weight excluding hydrogens is 534 g/mol. The molecule has 0 aliphatic heterocycles. The molecule has 1 heterocycles. The van der Waals surface area contributed by atoms with Crippen LogP contribution in [-0.2, 0) is 0 Å². The minimum atomic E-state index is 0.386. The van der Waals surface area contributed by atoms with Crippen LogP contribution in [0.3, 0.4) is 0 Å². The lowest BCUT2D eigenvalue weighted by Crippen LogP contribution is -1.97. The number of benzene rings is 6. The van der Waals surface area contributed by atoms with Gasteiger partial charge in [0, 0.05) is 24.2 Å². The maximum absolute atomic E-state index is 8.92. The predicted octanol–water partition coefficient (Wildman–Crippen LogP) is 10.3. The average Bonchev–Trinajstić information content (AvgIpc) is 3.10. The second-order valence-electron chi connectivity index (χ2n) is 10.7. The summed E-state index contributed by atoms with van der Waals surface area (Å²) in [6.07, 6.45) is 7.19. The molecular formula is C41H29N3. The van der Waals surface area contributed by atoms with Crippen molar-refractivity contribution in [1.82, 2.24) is 4.98 Å². The number of pyridine rings is 1. The second-order valence-corrected chi connectivity index (χ2v) is 10.7. The molecule has 0 atom stereocenters. The Morgan fingerprint density at radius 1 is 0.545 bits per heavy atom. The van der Waals surface area contributed by atoms with Crippen LogP contribution < -0.4 is 0 Å². The van der Waals surface area contributed by atoms with Crippen LogP contribution in [-0.4, -0.2) is 16.9 Å². The van der Waals surface area contributed by atoms with Crippen molar-refractivity contribution < 1.29 is 0 Å². The summed E-state index contributed by atoms with van der Waals surface area (Å²) in [4.78, 5) is 9.13. The molecule has 3 nitrogen and oxygen atoms in total. The van der Waals surface area contributed by atoms with E-state index >= 15 is 0 Å². The molecule has 208 valence electrons. The first-order valence-electron chi connectivity index (χ1n) is 14.6. The predicted molar refractivity (Wildman–Crippen MR) is 185 cm³/mol. The van der Waals surface area contributed by atoms with Crippen LogP contribution in [0.4, 0.5) is 0 Å². The van der Waals surface area contributed by atoms with Crippen molar-refractivity contribution in [3.63, 3.8) is 0 Å². The summed E-state index contributed by atoms with van der Waals surface area (Å²) in [5.41, 5.74) is 8.41. The number of hydrogen-bond acceptors (Lipinski definition) is 3. The van der Waals surface area contributed by atoms with E-state index in [2.05, 4.69) is 126 Å². The molecule has 0 spiro atoms. The Bertz CT molecular complexity index is 2150. The van der Waals surface area contributed by atoms with Gasteiger partial charge in [-0.1, -0.05) is 133 Å². The van der Waals surface area contributed by atoms with Gasteiger partial charge < -0.3 is 5.41 Å². The summed E-state index contributed by atoms with van der Waals surface area (Å²) >= 11 is 0. The molecule has 1 aromatic heterocycles. The highest BCUT2D eigenvalue weighted by molar-refractivity contribution is 6.11. The molecule has 0 bridgehead atoms. The lowest BCUT2D eigenvalue weighted by atomic mass is 9.96. The lowest BCUT2D eigenvalue weighted by Gasteiger charge is -2.09. The van der Waals surface area contributed by atoms with E-state index in [1.807, 2.05) is 36.6 Å². The van der Waals surface area contributed by atoms with E-state index in [0.29, 0.717) is 11.4 Å². The summed E-state index contributed by atoms with van der Waals surface area (Å²) in [5, 5.41) is 13.8. The van der Waals surface area contributed by atoms with Crippen molar-refractivity contribution in [2.45, 2.75) is 0 Å². The van der Waals surface area contributed by atoms with Gasteiger partial charge in [0.25, 0.3) is 0 Å². The largest absolute Gasteiger partial charge is 0.300 e. The van der Waals surface area contributed by atoms with Gasteiger partial charge in [0.15, 0.2) is 0 Å². The highest BCUT2D eigenvalue weighted by atomic mass is 14.7. The van der Waals surface area contributed by atoms with Crippen LogP contribution in [0.5, 0.6) is 0 Å². The summed E-state index contributed by atoms with van der Waals surface area (Å²) in [5.74, 6) is 0. The van der Waals surface area contributed by atoms with Crippen LogP contribution in [0.1, 0.15) is 16.7 Å². The number of aliphatic imine (C=N–C) groups is 1. The van der Waals surface area contributed by atoms with E-state index in [-0.39, 0.29) is 0 Å². The standard InChI is InChI=1S/C41H29N3/c42-40(34-23-21-33(22-24-34)39-16-6-11-31-9-2-4-14-37(31)39)26-41(35-12-7-25-43-28-35)44-27-29-17-19-32(20-18-29)38-15-5-10-30-8-1-3-13-36(30)38/h1-28,42H/b41-26-,42-40?,44-27+. The number of rotatable bonds is 7. The van der Waals surface area contributed by atoms with Gasteiger partial charge in [0.1, 0.15) is 0 Å². The molecule has 7 aromatic rings. The van der Waals surface area contributed by atoms with Crippen molar-refractivity contribution in [1.29, 1.82) is 5.41 Å². The van der Waals surface area contributed by atoms with Crippen molar-refractivity contribution in [3.05, 3.63) is 181 Å². The van der Waals surface area contributed by atoms with Crippen molar-refractivity contribution in [2.24, 2.45) is 4.99 Å². The van der Waals surface area contributed by atoms with E-state index in [9.17, 15) is 0 Å². The zero-order chi connectivity index (χ0) is 29.7. The van der Waals surface area contributed by atoms with Crippen molar-refractivity contribution in [2.75, 3.05) is 0 Å². The third kappa shape index (κ3) is 5.59. The Labute approximate surface area is 257 Å². The van der Waals surface area contributed by atoms with E-state index in [4.69, 9.17) is 10.4 Å². The number of nitrogens with one attached hydrogen (secondary N) is 1. The Kier molecular flexibility index (Phi) is 7.42. The summed E-state index contributed by atoms with van der Waals surface area (Å²) in [6, 6.07) is 50.1. The van der Waals surface area contributed by atoms with Gasteiger partial charge in [0.05, 0.1) is 11.4 Å². The van der Waals surface area contributed by atoms with Gasteiger partial charge in [0.2, 0.25) is 0 Å². The van der Waals surface area contributed by atoms with E-state index < -0.39 is 0 Å². The van der Waals surface area contributed by atoms with Gasteiger partial charge in [-0.15, -0.1) is 0 Å². The number of aromatic nitrogens is 1. The molecule has 0 saturated heterocycles. The first kappa shape index (κ1) is 26.9. The monoisotopic (exact) mass is 563 g/mol. The minimum Gasteiger partial charge on any atom is -0.300 e. The molecule has 0 saturated carbocycles. The first-order valence-corrected chi connectivity index (χ1v) is 14.6. The maximum atomic E-state index is 8.92. The summed E-state index contributed by atoms with van der Waals surface area (Å²) in [7, 11) is 0. The van der Waals surface area contributed by atoms with Crippen LogP contribution in [0.15, 0.2) is 169 Å². The average molecular weight is 564 g/mol. The highest BCUT2D eigenvalue weighted by Crippen LogP contribution is 2.30. The quantitative estimate of drug-likeness (QED) is 0.193. The van der Waals surface area contributed by atoms with Gasteiger partial charge in [-0.3, -0.25) is 9.98 Å². The Morgan fingerprint density at radius 3 is 1.70 bits per heavy atom. The Hall–Kier alpha value is -5.93. The molecule has 0 radical (unpaired) electrons. The number of hydrogen-bond donors (Lipinski definition) is 1. The van der Waals surface area contributed by atoms with Crippen LogP contribution in [0, 0.1) is 5.41 Å². The molecule has 0 aliphatic carbocycles. The third-order valence-corrected chi connectivity index (χ3v) is 7.90. The zero-order valence-corrected chi connectivity index (χ0v) is 24.1. The van der Waals surface area contributed by atoms with Crippen molar-refractivity contribution in [3.8, 4) is 22.3 Å². The Morgan fingerprint density at radius 2 is 1.11 bits per heavy atom. The number of allylic oxidation sites excluding steroid dienone is 1. The minimum absolute atomic E-state index is 0.386. The smallest absolute Gasteiger partial charge is 0.0739 e. The molecule has 0 fully saturated rings. The molecule has 7 rings (SSSR count). The normalized spacial score (nSPS) is 11.8. The summed E-state index contributed by atoms with van der Waals surface area (Å²) < 4.78 is 0. The highest BCUT2D eigenvalue weighted by Gasteiger charge is 2.08. The zero-order valence-electron chi connectivity index (χ0n) is 24.1. The molecule has 3 heteroatoms. The third-order valence-electron chi connectivity index (χ3n) is 7.90. The Balaban J connectivity index is 1.16. The van der Waals surface area contributed by atoms with E-state index in [1.54, 1.807) is 12.4 Å². The molecule has 0 aliphatic rings. The maximum Gasteiger partial charge on any atom is 0.0739 e. The van der Waals surface area contributed by atoms with Crippen molar-refractivity contribution >= 4 is 39.2 Å². The second kappa shape index (κ2) is 12.1. The van der Waals surface area contributed by atoms with Gasteiger partial charge in [-0.05, 0) is 73.1 Å². The van der Waals surface area contributed by atoms with E-state index in [0.717, 1.165) is 27.8 Å². The van der Waals surface area contributed by atoms with Gasteiger partial charge in [-0.2, -0.15) is 0 Å². The SMILES string of the molecule is N=C(/C=C(\N=C\c1ccc(-c2cccc3ccccc23)cc1)c1cccnc1)c1ccc(-c2cccc3ccccc23)cc1. The number of fused-ring (bicyclic) bond motifs is 2. The van der Waals surface area contributed by atoms with Crippen LogP contribution in [0.25, 0.3) is 49.5 Å². The molecule has 0 amide bonds. The first-order chi connectivity index (χ1) is 21.7. The fourth-order valence-corrected chi connectivity index (χ4v) is 5.61. The molecule has 44 heavy (non-hydrogen) atoms. The fraction of sp³-hybridized carbons (Fsp3) is 0. The molecule has 6 aromatic carbocycles. The van der Waals surface area contributed by atoms with Crippen LogP contribution >= 0.6 is 0 Å². The molecule has 1 N–H and O–H groups in total. The van der Waals surface area contributed by atoms with Gasteiger partial charge >= 0.3 is 0 Å². The fourth-order valence-electron chi connectivity index (χ4n) is 5.61. The topological polar surface area (TPSA) is 49.1 Å². The molecule has 0 unspecified atom stereocenters.